The number of amides is 1. The van der Waals surface area contributed by atoms with Crippen LogP contribution in [0.4, 0.5) is 0 Å². The molecule has 2 aromatic rings. The van der Waals surface area contributed by atoms with E-state index in [9.17, 15) is 4.79 Å². The lowest BCUT2D eigenvalue weighted by atomic mass is 9.97. The second-order valence-electron chi connectivity index (χ2n) is 5.92. The van der Waals surface area contributed by atoms with E-state index >= 15 is 0 Å². The maximum absolute atomic E-state index is 12.4. The molecule has 1 amide bonds. The van der Waals surface area contributed by atoms with Gasteiger partial charge < -0.3 is 14.5 Å². The Morgan fingerprint density at radius 2 is 2.32 bits per heavy atom. The molecule has 0 radical (unpaired) electrons. The average Bonchev–Trinajstić information content (AvgIpc) is 3.20. The Labute approximate surface area is 130 Å². The van der Waals surface area contributed by atoms with E-state index in [1.54, 1.807) is 12.4 Å². The van der Waals surface area contributed by atoms with Crippen LogP contribution in [0.1, 0.15) is 43.3 Å². The molecule has 0 unspecified atom stereocenters. The molecule has 0 spiro atoms. The van der Waals surface area contributed by atoms with Gasteiger partial charge in [-0.1, -0.05) is 0 Å². The normalized spacial score (nSPS) is 18.6. The van der Waals surface area contributed by atoms with Gasteiger partial charge in [0.1, 0.15) is 11.6 Å². The van der Waals surface area contributed by atoms with Gasteiger partial charge in [-0.2, -0.15) is 0 Å². The number of piperidine rings is 1. The maximum atomic E-state index is 12.4. The summed E-state index contributed by atoms with van der Waals surface area (Å²) in [5.74, 6) is 2.62. The molecule has 1 atom stereocenters. The number of likely N-dealkylation sites (tertiary alicyclic amines) is 1. The van der Waals surface area contributed by atoms with E-state index < -0.39 is 0 Å². The number of nitrogens with zero attached hydrogens (tertiary/aromatic N) is 4. The van der Waals surface area contributed by atoms with Crippen molar-refractivity contribution >= 4 is 5.91 Å². The molecule has 0 aliphatic carbocycles. The largest absolute Gasteiger partial charge is 0.348 e. The molecule has 2 aromatic heterocycles. The summed E-state index contributed by atoms with van der Waals surface area (Å²) in [6.45, 7) is 4.50. The van der Waals surface area contributed by atoms with Crippen LogP contribution in [0.3, 0.4) is 0 Å². The van der Waals surface area contributed by atoms with Gasteiger partial charge in [-0.3, -0.25) is 4.79 Å². The van der Waals surface area contributed by atoms with Crippen molar-refractivity contribution in [2.45, 2.75) is 45.1 Å². The summed E-state index contributed by atoms with van der Waals surface area (Å²) in [6.07, 6.45) is 11.0. The van der Waals surface area contributed by atoms with E-state index in [4.69, 9.17) is 0 Å². The van der Waals surface area contributed by atoms with Crippen LogP contribution in [0.2, 0.25) is 0 Å². The number of H-pyrrole nitrogens is 1. The number of nitrogens with one attached hydrogen (secondary N) is 1. The zero-order chi connectivity index (χ0) is 15.4. The molecular formula is C16H23N5O. The molecule has 3 heterocycles. The van der Waals surface area contributed by atoms with Crippen molar-refractivity contribution in [2.75, 3.05) is 13.1 Å². The van der Waals surface area contributed by atoms with Gasteiger partial charge in [0.2, 0.25) is 5.91 Å². The van der Waals surface area contributed by atoms with Gasteiger partial charge in [-0.05, 0) is 26.2 Å². The van der Waals surface area contributed by atoms with Crippen LogP contribution in [0.15, 0.2) is 24.8 Å². The number of hydrogen-bond donors (Lipinski definition) is 1. The van der Waals surface area contributed by atoms with Gasteiger partial charge in [0, 0.05) is 56.8 Å². The predicted octanol–water partition coefficient (Wildman–Crippen LogP) is 2.10. The first-order chi connectivity index (χ1) is 10.7. The van der Waals surface area contributed by atoms with Gasteiger partial charge in [0.05, 0.1) is 0 Å². The van der Waals surface area contributed by atoms with Crippen molar-refractivity contribution in [1.82, 2.24) is 24.4 Å². The number of carbonyl (C=O) groups excluding carboxylic acids is 1. The molecule has 0 aromatic carbocycles. The molecule has 6 nitrogen and oxygen atoms in total. The summed E-state index contributed by atoms with van der Waals surface area (Å²) in [5, 5.41) is 0. The minimum absolute atomic E-state index is 0.258. The van der Waals surface area contributed by atoms with Crippen molar-refractivity contribution in [3.8, 4) is 0 Å². The van der Waals surface area contributed by atoms with Crippen LogP contribution in [-0.2, 0) is 11.3 Å². The highest BCUT2D eigenvalue weighted by Crippen LogP contribution is 2.24. The summed E-state index contributed by atoms with van der Waals surface area (Å²) in [7, 11) is 0. The Balaban J connectivity index is 1.48. The van der Waals surface area contributed by atoms with Crippen LogP contribution >= 0.6 is 0 Å². The second kappa shape index (κ2) is 6.77. The minimum atomic E-state index is 0.258. The molecule has 22 heavy (non-hydrogen) atoms. The SMILES string of the molecule is Cc1nccn1CCCC(=O)N1CCC[C@@H](c2ncc[nH]2)C1. The van der Waals surface area contributed by atoms with Crippen LogP contribution in [0, 0.1) is 6.92 Å². The van der Waals surface area contributed by atoms with E-state index in [2.05, 4.69) is 19.5 Å². The lowest BCUT2D eigenvalue weighted by molar-refractivity contribution is -0.132. The minimum Gasteiger partial charge on any atom is -0.348 e. The van der Waals surface area contributed by atoms with E-state index in [0.29, 0.717) is 12.3 Å². The van der Waals surface area contributed by atoms with Gasteiger partial charge in [-0.15, -0.1) is 0 Å². The van der Waals surface area contributed by atoms with Crippen LogP contribution in [0.5, 0.6) is 0 Å². The number of aromatic amines is 1. The first-order valence-corrected chi connectivity index (χ1v) is 7.99. The van der Waals surface area contributed by atoms with E-state index in [1.807, 2.05) is 24.2 Å². The monoisotopic (exact) mass is 301 g/mol. The summed E-state index contributed by atoms with van der Waals surface area (Å²) in [6, 6.07) is 0. The molecule has 0 saturated carbocycles. The van der Waals surface area contributed by atoms with E-state index in [1.165, 1.54) is 0 Å². The van der Waals surface area contributed by atoms with Crippen LogP contribution in [0.25, 0.3) is 0 Å². The van der Waals surface area contributed by atoms with Crippen molar-refractivity contribution in [1.29, 1.82) is 0 Å². The number of aryl methyl sites for hydroxylation is 2. The zero-order valence-corrected chi connectivity index (χ0v) is 13.0. The highest BCUT2D eigenvalue weighted by molar-refractivity contribution is 5.76. The Hall–Kier alpha value is -2.11. The molecule has 1 N–H and O–H groups in total. The van der Waals surface area contributed by atoms with E-state index in [0.717, 1.165) is 50.5 Å². The fourth-order valence-electron chi connectivity index (χ4n) is 3.13. The van der Waals surface area contributed by atoms with Crippen LogP contribution < -0.4 is 0 Å². The lowest BCUT2D eigenvalue weighted by Gasteiger charge is -2.32. The van der Waals surface area contributed by atoms with Gasteiger partial charge in [0.15, 0.2) is 0 Å². The topological polar surface area (TPSA) is 66.8 Å². The Morgan fingerprint density at radius 1 is 1.41 bits per heavy atom. The molecule has 0 bridgehead atoms. The molecule has 6 heteroatoms. The Morgan fingerprint density at radius 3 is 3.05 bits per heavy atom. The fourth-order valence-corrected chi connectivity index (χ4v) is 3.13. The molecule has 118 valence electrons. The third-order valence-corrected chi connectivity index (χ3v) is 4.39. The lowest BCUT2D eigenvalue weighted by Crippen LogP contribution is -2.39. The zero-order valence-electron chi connectivity index (χ0n) is 13.0. The predicted molar refractivity (Wildman–Crippen MR) is 83.3 cm³/mol. The highest BCUT2D eigenvalue weighted by atomic mass is 16.2. The fraction of sp³-hybridized carbons (Fsp3) is 0.562. The van der Waals surface area contributed by atoms with Gasteiger partial charge >= 0.3 is 0 Å². The summed E-state index contributed by atoms with van der Waals surface area (Å²) < 4.78 is 2.09. The van der Waals surface area contributed by atoms with Crippen molar-refractivity contribution in [3.63, 3.8) is 0 Å². The number of rotatable bonds is 5. The van der Waals surface area contributed by atoms with Gasteiger partial charge in [0.25, 0.3) is 0 Å². The van der Waals surface area contributed by atoms with Crippen LogP contribution in [-0.4, -0.2) is 43.4 Å². The number of hydrogen-bond acceptors (Lipinski definition) is 3. The number of carbonyl (C=O) groups is 1. The third kappa shape index (κ3) is 3.37. The second-order valence-corrected chi connectivity index (χ2v) is 5.92. The van der Waals surface area contributed by atoms with Gasteiger partial charge in [-0.25, -0.2) is 9.97 Å². The van der Waals surface area contributed by atoms with Crippen molar-refractivity contribution < 1.29 is 4.79 Å². The molecule has 1 aliphatic heterocycles. The third-order valence-electron chi connectivity index (χ3n) is 4.39. The summed E-state index contributed by atoms with van der Waals surface area (Å²) in [4.78, 5) is 26.1. The first-order valence-electron chi connectivity index (χ1n) is 7.99. The number of imidazole rings is 2. The quantitative estimate of drug-likeness (QED) is 0.919. The average molecular weight is 301 g/mol. The molecule has 1 fully saturated rings. The number of aromatic nitrogens is 4. The summed E-state index contributed by atoms with van der Waals surface area (Å²) >= 11 is 0. The maximum Gasteiger partial charge on any atom is 0.222 e. The van der Waals surface area contributed by atoms with Crippen molar-refractivity contribution in [3.05, 3.63) is 36.4 Å². The molecule has 3 rings (SSSR count). The standard InChI is InChI=1S/C16H23N5O/c1-13-17-8-11-20(13)9-3-5-15(22)21-10-2-4-14(12-21)16-18-6-7-19-16/h6-8,11,14H,2-5,9-10,12H2,1H3,(H,18,19)/t14-/m1/s1. The van der Waals surface area contributed by atoms with E-state index in [-0.39, 0.29) is 5.91 Å². The van der Waals surface area contributed by atoms with Crippen molar-refractivity contribution in [2.24, 2.45) is 0 Å². The first kappa shape index (κ1) is 14.8. The molecular weight excluding hydrogens is 278 g/mol. The molecule has 1 aliphatic rings. The Bertz CT molecular complexity index is 604. The highest BCUT2D eigenvalue weighted by Gasteiger charge is 2.25. The smallest absolute Gasteiger partial charge is 0.222 e. The molecule has 1 saturated heterocycles. The summed E-state index contributed by atoms with van der Waals surface area (Å²) in [5.41, 5.74) is 0. The Kier molecular flexibility index (Phi) is 4.56.